The van der Waals surface area contributed by atoms with Gasteiger partial charge in [-0.2, -0.15) is 0 Å². The number of thiophene rings is 1. The van der Waals surface area contributed by atoms with Crippen molar-refractivity contribution >= 4 is 33.9 Å². The predicted molar refractivity (Wildman–Crippen MR) is 98.5 cm³/mol. The van der Waals surface area contributed by atoms with Crippen molar-refractivity contribution in [3.63, 3.8) is 0 Å². The molecule has 1 aliphatic rings. The van der Waals surface area contributed by atoms with Crippen molar-refractivity contribution in [1.82, 2.24) is 0 Å². The number of nitrogens with two attached hydrogens (primary N) is 2. The number of esters is 1. The van der Waals surface area contributed by atoms with Crippen molar-refractivity contribution in [3.05, 3.63) is 57.6 Å². The molecule has 2 aromatic rings. The lowest BCUT2D eigenvalue weighted by Crippen LogP contribution is -2.24. The molecule has 25 heavy (non-hydrogen) atoms. The number of amides is 1. The molecular formula is C18H19N3O3S. The molecule has 1 aromatic heterocycles. The summed E-state index contributed by atoms with van der Waals surface area (Å²) < 4.78 is 5.25. The SMILES string of the molecule is CCOC(=O)C1=C(C)Nc2sc(C(N)=O)c(N)c2[C@H]1c1ccccc1. The molecule has 7 heteroatoms. The third kappa shape index (κ3) is 2.87. The summed E-state index contributed by atoms with van der Waals surface area (Å²) in [6, 6.07) is 9.54. The van der Waals surface area contributed by atoms with Crippen LogP contribution in [0.25, 0.3) is 0 Å². The van der Waals surface area contributed by atoms with Crippen molar-refractivity contribution in [2.75, 3.05) is 17.7 Å². The minimum Gasteiger partial charge on any atom is -0.463 e. The Bertz CT molecular complexity index is 871. The van der Waals surface area contributed by atoms with E-state index in [1.165, 1.54) is 11.3 Å². The minimum atomic E-state index is -0.583. The monoisotopic (exact) mass is 357 g/mol. The number of rotatable bonds is 4. The van der Waals surface area contributed by atoms with Crippen LogP contribution in [-0.4, -0.2) is 18.5 Å². The zero-order chi connectivity index (χ0) is 18.1. The second-order valence-corrected chi connectivity index (χ2v) is 6.70. The molecule has 1 amide bonds. The highest BCUT2D eigenvalue weighted by atomic mass is 32.1. The van der Waals surface area contributed by atoms with Gasteiger partial charge in [-0.25, -0.2) is 4.79 Å². The Morgan fingerprint density at radius 2 is 1.96 bits per heavy atom. The number of carbonyl (C=O) groups is 2. The first kappa shape index (κ1) is 17.0. The summed E-state index contributed by atoms with van der Waals surface area (Å²) in [5, 5.41) is 3.90. The van der Waals surface area contributed by atoms with E-state index in [2.05, 4.69) is 5.32 Å². The quantitative estimate of drug-likeness (QED) is 0.729. The molecule has 0 fully saturated rings. The summed E-state index contributed by atoms with van der Waals surface area (Å²) in [7, 11) is 0. The zero-order valence-electron chi connectivity index (χ0n) is 14.0. The number of benzene rings is 1. The van der Waals surface area contributed by atoms with E-state index in [9.17, 15) is 9.59 Å². The third-order valence-corrected chi connectivity index (χ3v) is 5.27. The maximum atomic E-state index is 12.6. The maximum Gasteiger partial charge on any atom is 0.336 e. The van der Waals surface area contributed by atoms with Crippen molar-refractivity contribution < 1.29 is 14.3 Å². The Kier molecular flexibility index (Phi) is 4.50. The molecule has 5 N–H and O–H groups in total. The lowest BCUT2D eigenvalue weighted by molar-refractivity contribution is -0.138. The molecule has 130 valence electrons. The van der Waals surface area contributed by atoms with Gasteiger partial charge in [-0.1, -0.05) is 30.3 Å². The molecule has 0 radical (unpaired) electrons. The lowest BCUT2D eigenvalue weighted by Gasteiger charge is -2.28. The lowest BCUT2D eigenvalue weighted by atomic mass is 9.82. The fraction of sp³-hybridized carbons (Fsp3) is 0.222. The highest BCUT2D eigenvalue weighted by Crippen LogP contribution is 2.49. The van der Waals surface area contributed by atoms with E-state index >= 15 is 0 Å². The summed E-state index contributed by atoms with van der Waals surface area (Å²) in [5.41, 5.74) is 14.7. The molecule has 0 saturated heterocycles. The van der Waals surface area contributed by atoms with E-state index in [4.69, 9.17) is 16.2 Å². The average molecular weight is 357 g/mol. The van der Waals surface area contributed by atoms with Crippen LogP contribution < -0.4 is 16.8 Å². The molecular weight excluding hydrogens is 338 g/mol. The van der Waals surface area contributed by atoms with Crippen LogP contribution in [0.3, 0.4) is 0 Å². The van der Waals surface area contributed by atoms with Crippen LogP contribution in [0.4, 0.5) is 10.7 Å². The number of anilines is 2. The topological polar surface area (TPSA) is 107 Å². The van der Waals surface area contributed by atoms with Crippen LogP contribution in [-0.2, 0) is 9.53 Å². The van der Waals surface area contributed by atoms with Gasteiger partial charge < -0.3 is 21.5 Å². The molecule has 0 unspecified atom stereocenters. The predicted octanol–water partition coefficient (Wildman–Crippen LogP) is 2.82. The Hall–Kier alpha value is -2.80. The first-order valence-electron chi connectivity index (χ1n) is 7.87. The Morgan fingerprint density at radius 1 is 1.28 bits per heavy atom. The van der Waals surface area contributed by atoms with Crippen molar-refractivity contribution in [2.24, 2.45) is 5.73 Å². The van der Waals surface area contributed by atoms with E-state index in [0.29, 0.717) is 22.5 Å². The largest absolute Gasteiger partial charge is 0.463 e. The van der Waals surface area contributed by atoms with Crippen molar-refractivity contribution in [3.8, 4) is 0 Å². The third-order valence-electron chi connectivity index (χ3n) is 4.12. The number of ether oxygens (including phenoxy) is 1. The van der Waals surface area contributed by atoms with Crippen LogP contribution in [0.15, 0.2) is 41.6 Å². The van der Waals surface area contributed by atoms with E-state index in [1.807, 2.05) is 37.3 Å². The number of nitrogens with one attached hydrogen (secondary N) is 1. The number of hydrogen-bond acceptors (Lipinski definition) is 6. The molecule has 2 heterocycles. The summed E-state index contributed by atoms with van der Waals surface area (Å²) in [6.07, 6.45) is 0. The number of fused-ring (bicyclic) bond motifs is 1. The Labute approximate surface area is 149 Å². The normalized spacial score (nSPS) is 16.2. The van der Waals surface area contributed by atoms with E-state index in [1.54, 1.807) is 6.92 Å². The van der Waals surface area contributed by atoms with Gasteiger partial charge in [0.1, 0.15) is 4.88 Å². The summed E-state index contributed by atoms with van der Waals surface area (Å²) in [5.74, 6) is -1.40. The van der Waals surface area contributed by atoms with Gasteiger partial charge in [0, 0.05) is 17.2 Å². The number of carbonyl (C=O) groups excluding carboxylic acids is 2. The smallest absolute Gasteiger partial charge is 0.336 e. The van der Waals surface area contributed by atoms with Crippen LogP contribution in [0.5, 0.6) is 0 Å². The van der Waals surface area contributed by atoms with Gasteiger partial charge in [0.2, 0.25) is 0 Å². The standard InChI is InChI=1S/C18H19N3O3S/c1-3-24-18(23)11-9(2)21-17-13(14(19)15(25-17)16(20)22)12(11)10-7-5-4-6-8-10/h4-8,12,21H,3,19H2,1-2H3,(H2,20,22)/t12-/m0/s1. The minimum absolute atomic E-state index is 0.273. The first-order chi connectivity index (χ1) is 12.0. The van der Waals surface area contributed by atoms with Gasteiger partial charge in [-0.3, -0.25) is 4.79 Å². The fourth-order valence-electron chi connectivity index (χ4n) is 3.08. The molecule has 1 aromatic carbocycles. The van der Waals surface area contributed by atoms with Gasteiger partial charge in [0.25, 0.3) is 5.91 Å². The van der Waals surface area contributed by atoms with E-state index < -0.39 is 17.8 Å². The van der Waals surface area contributed by atoms with E-state index in [0.717, 1.165) is 10.6 Å². The maximum absolute atomic E-state index is 12.6. The van der Waals surface area contributed by atoms with Crippen molar-refractivity contribution in [2.45, 2.75) is 19.8 Å². The van der Waals surface area contributed by atoms with Gasteiger partial charge in [-0.05, 0) is 19.4 Å². The molecule has 0 bridgehead atoms. The van der Waals surface area contributed by atoms with Crippen LogP contribution in [0, 0.1) is 0 Å². The van der Waals surface area contributed by atoms with Gasteiger partial charge in [0.05, 0.1) is 22.9 Å². The van der Waals surface area contributed by atoms with E-state index in [-0.39, 0.29) is 11.5 Å². The second kappa shape index (κ2) is 6.60. The van der Waals surface area contributed by atoms with Gasteiger partial charge >= 0.3 is 5.97 Å². The van der Waals surface area contributed by atoms with Gasteiger partial charge in [0.15, 0.2) is 0 Å². The van der Waals surface area contributed by atoms with Crippen LogP contribution in [0.2, 0.25) is 0 Å². The Balaban J connectivity index is 2.24. The number of nitrogen functional groups attached to an aromatic ring is 1. The summed E-state index contributed by atoms with van der Waals surface area (Å²) in [6.45, 7) is 3.85. The second-order valence-electron chi connectivity index (χ2n) is 5.68. The Morgan fingerprint density at radius 3 is 2.56 bits per heavy atom. The number of primary amides is 1. The number of allylic oxidation sites excluding steroid dienone is 1. The molecule has 0 spiro atoms. The zero-order valence-corrected chi connectivity index (χ0v) is 14.8. The number of hydrogen-bond donors (Lipinski definition) is 3. The van der Waals surface area contributed by atoms with Gasteiger partial charge in [-0.15, -0.1) is 11.3 Å². The molecule has 3 rings (SSSR count). The highest BCUT2D eigenvalue weighted by molar-refractivity contribution is 7.18. The fourth-order valence-corrected chi connectivity index (χ4v) is 4.14. The highest BCUT2D eigenvalue weighted by Gasteiger charge is 2.37. The average Bonchev–Trinajstić information content (AvgIpc) is 2.91. The van der Waals surface area contributed by atoms with Crippen molar-refractivity contribution in [1.29, 1.82) is 0 Å². The first-order valence-corrected chi connectivity index (χ1v) is 8.69. The molecule has 1 aliphatic heterocycles. The summed E-state index contributed by atoms with van der Waals surface area (Å²) in [4.78, 5) is 24.6. The molecule has 1 atom stereocenters. The molecule has 0 aliphatic carbocycles. The summed E-state index contributed by atoms with van der Waals surface area (Å²) >= 11 is 1.20. The van der Waals surface area contributed by atoms with Crippen LogP contribution >= 0.6 is 11.3 Å². The molecule has 6 nitrogen and oxygen atoms in total. The molecule has 0 saturated carbocycles. The van der Waals surface area contributed by atoms with Crippen LogP contribution in [0.1, 0.15) is 40.6 Å².